The molecular formula is C34H50N8O4S. The zero-order chi connectivity index (χ0) is 34.0. The first-order chi connectivity index (χ1) is 22.7. The molecule has 0 aromatic heterocycles. The van der Waals surface area contributed by atoms with Crippen LogP contribution >= 0.6 is 11.8 Å². The highest BCUT2D eigenvalue weighted by Crippen LogP contribution is 2.12. The fourth-order valence-electron chi connectivity index (χ4n) is 5.28. The summed E-state index contributed by atoms with van der Waals surface area (Å²) in [7, 11) is 0. The minimum Gasteiger partial charge on any atom is -0.370 e. The summed E-state index contributed by atoms with van der Waals surface area (Å²) in [5.41, 5.74) is 13.7. The number of guanidine groups is 1. The molecule has 0 bridgehead atoms. The number of unbranched alkanes of at least 4 members (excludes halogenated alkanes) is 1. The highest BCUT2D eigenvalue weighted by Gasteiger charge is 2.32. The number of hydrogen-bond acceptors (Lipinski definition) is 7. The van der Waals surface area contributed by atoms with Gasteiger partial charge in [0.05, 0.1) is 6.04 Å². The topological polar surface area (TPSA) is 196 Å². The van der Waals surface area contributed by atoms with Crippen molar-refractivity contribution in [3.63, 3.8) is 0 Å². The van der Waals surface area contributed by atoms with Crippen LogP contribution < -0.4 is 32.7 Å². The lowest BCUT2D eigenvalue weighted by Gasteiger charge is -2.29. The monoisotopic (exact) mass is 666 g/mol. The van der Waals surface area contributed by atoms with Crippen LogP contribution in [0.3, 0.4) is 0 Å². The Morgan fingerprint density at radius 2 is 1.43 bits per heavy atom. The van der Waals surface area contributed by atoms with E-state index >= 15 is 0 Å². The van der Waals surface area contributed by atoms with E-state index < -0.39 is 41.9 Å². The van der Waals surface area contributed by atoms with E-state index in [1.165, 1.54) is 0 Å². The molecule has 0 unspecified atom stereocenters. The molecule has 256 valence electrons. The molecule has 1 aliphatic rings. The number of carbonyl (C=O) groups is 4. The number of nitrogens with two attached hydrogens (primary N) is 2. The molecule has 3 rings (SSSR count). The maximum absolute atomic E-state index is 13.8. The molecule has 2 aromatic rings. The number of benzene rings is 2. The average molecular weight is 667 g/mol. The molecule has 0 saturated carbocycles. The fourth-order valence-corrected chi connectivity index (χ4v) is 6.17. The lowest BCUT2D eigenvalue weighted by molar-refractivity contribution is -0.137. The number of nitrogens with zero attached hydrogens (tertiary/aromatic N) is 1. The summed E-state index contributed by atoms with van der Waals surface area (Å²) in [6, 6.07) is 15.3. The van der Waals surface area contributed by atoms with Crippen LogP contribution in [-0.2, 0) is 32.0 Å². The van der Waals surface area contributed by atoms with Gasteiger partial charge >= 0.3 is 0 Å². The van der Waals surface area contributed by atoms with Gasteiger partial charge in [-0.05, 0) is 49.0 Å². The Kier molecular flexibility index (Phi) is 16.1. The molecule has 47 heavy (non-hydrogen) atoms. The van der Waals surface area contributed by atoms with Gasteiger partial charge < -0.3 is 37.6 Å². The molecule has 1 aliphatic heterocycles. The predicted molar refractivity (Wildman–Crippen MR) is 187 cm³/mol. The van der Waals surface area contributed by atoms with E-state index in [0.29, 0.717) is 45.2 Å². The summed E-state index contributed by atoms with van der Waals surface area (Å²) in [5, 5.41) is 18.7. The first-order valence-electron chi connectivity index (χ1n) is 16.4. The third kappa shape index (κ3) is 13.3. The van der Waals surface area contributed by atoms with Gasteiger partial charge in [0.2, 0.25) is 23.6 Å². The van der Waals surface area contributed by atoms with Crippen molar-refractivity contribution in [2.45, 2.75) is 76.0 Å². The van der Waals surface area contributed by atoms with Gasteiger partial charge in [-0.15, -0.1) is 0 Å². The highest BCUT2D eigenvalue weighted by molar-refractivity contribution is 7.99. The van der Waals surface area contributed by atoms with Crippen LogP contribution in [0.1, 0.15) is 50.2 Å². The summed E-state index contributed by atoms with van der Waals surface area (Å²) >= 11 is 1.78. The van der Waals surface area contributed by atoms with Crippen LogP contribution in [0.25, 0.3) is 0 Å². The van der Waals surface area contributed by atoms with Crippen molar-refractivity contribution in [3.8, 4) is 0 Å². The predicted octanol–water partition coefficient (Wildman–Crippen LogP) is 1.28. The van der Waals surface area contributed by atoms with E-state index in [2.05, 4.69) is 21.3 Å². The van der Waals surface area contributed by atoms with Crippen LogP contribution in [0, 0.1) is 5.41 Å². The van der Waals surface area contributed by atoms with Crippen molar-refractivity contribution in [3.05, 3.63) is 71.8 Å². The van der Waals surface area contributed by atoms with E-state index in [9.17, 15) is 19.2 Å². The molecule has 9 N–H and O–H groups in total. The molecule has 2 aromatic carbocycles. The van der Waals surface area contributed by atoms with Crippen molar-refractivity contribution < 1.29 is 19.2 Å². The Morgan fingerprint density at radius 1 is 0.830 bits per heavy atom. The second-order valence-electron chi connectivity index (χ2n) is 11.7. The Morgan fingerprint density at radius 3 is 2.06 bits per heavy atom. The molecule has 1 fully saturated rings. The molecule has 4 atom stereocenters. The second-order valence-corrected chi connectivity index (χ2v) is 13.0. The third-order valence-corrected chi connectivity index (χ3v) is 9.01. The van der Waals surface area contributed by atoms with E-state index in [-0.39, 0.29) is 18.4 Å². The Bertz CT molecular complexity index is 1290. The van der Waals surface area contributed by atoms with Crippen molar-refractivity contribution in [1.82, 2.24) is 26.2 Å². The summed E-state index contributed by atoms with van der Waals surface area (Å²) in [5.74, 6) is -0.324. The van der Waals surface area contributed by atoms with Crippen LogP contribution in [0.4, 0.5) is 0 Å². The van der Waals surface area contributed by atoms with Crippen LogP contribution in [0.5, 0.6) is 0 Å². The van der Waals surface area contributed by atoms with E-state index in [0.717, 1.165) is 35.5 Å². The Hall–Kier alpha value is -4.10. The van der Waals surface area contributed by atoms with Crippen LogP contribution in [0.15, 0.2) is 60.7 Å². The van der Waals surface area contributed by atoms with Gasteiger partial charge in [-0.2, -0.15) is 11.8 Å². The average Bonchev–Trinajstić information content (AvgIpc) is 3.37. The molecule has 1 saturated heterocycles. The van der Waals surface area contributed by atoms with E-state index in [1.54, 1.807) is 16.7 Å². The molecule has 4 amide bonds. The Balaban J connectivity index is 1.75. The minimum atomic E-state index is -0.986. The smallest absolute Gasteiger partial charge is 0.247 e. The molecule has 13 heteroatoms. The number of amides is 4. The Labute approximate surface area is 282 Å². The van der Waals surface area contributed by atoms with E-state index in [1.807, 2.05) is 67.6 Å². The zero-order valence-corrected chi connectivity index (χ0v) is 28.0. The summed E-state index contributed by atoms with van der Waals surface area (Å²) < 4.78 is 0. The van der Waals surface area contributed by atoms with Crippen LogP contribution in [0.2, 0.25) is 0 Å². The van der Waals surface area contributed by atoms with Crippen molar-refractivity contribution in [1.29, 1.82) is 5.41 Å². The number of hydrogen-bond donors (Lipinski definition) is 7. The summed E-state index contributed by atoms with van der Waals surface area (Å²) in [6.07, 6.45) is 3.72. The fraction of sp³-hybridized carbons (Fsp3) is 0.500. The first kappa shape index (κ1) is 37.4. The van der Waals surface area contributed by atoms with Gasteiger partial charge in [0.15, 0.2) is 5.96 Å². The minimum absolute atomic E-state index is 0.0624. The summed E-state index contributed by atoms with van der Waals surface area (Å²) in [6.45, 7) is 3.05. The van der Waals surface area contributed by atoms with Gasteiger partial charge in [0, 0.05) is 25.4 Å². The van der Waals surface area contributed by atoms with Crippen molar-refractivity contribution >= 4 is 41.4 Å². The second kappa shape index (κ2) is 20.2. The molecule has 12 nitrogen and oxygen atoms in total. The standard InChI is InChI=1S/C34H50N8O4S/c1-2-3-15-27(31(44)41-29(23-38-34(36)37)33(46)42-18-10-20-47-21-19-42)40-32(45)28(17-16-24-11-6-4-7-12-24)39-30(43)26(35)22-25-13-8-5-9-14-25/h4-9,11-14,26-29H,2-3,10,15-23,35H2,1H3,(H,39,43)(H,40,45)(H,41,44)(H4,36,37,38)/t26-,27-,28-,29-/m1/s1. The van der Waals surface area contributed by atoms with Crippen molar-refractivity contribution in [2.24, 2.45) is 11.5 Å². The number of carbonyl (C=O) groups excluding carboxylic acids is 4. The quantitative estimate of drug-likeness (QED) is 0.0969. The third-order valence-electron chi connectivity index (χ3n) is 7.96. The van der Waals surface area contributed by atoms with E-state index in [4.69, 9.17) is 16.9 Å². The normalized spacial score (nSPS) is 15.7. The van der Waals surface area contributed by atoms with Gasteiger partial charge in [-0.25, -0.2) is 0 Å². The number of nitrogens with one attached hydrogen (secondary N) is 5. The molecule has 0 aliphatic carbocycles. The molecular weight excluding hydrogens is 616 g/mol. The number of rotatable bonds is 17. The molecule has 0 spiro atoms. The van der Waals surface area contributed by atoms with Crippen LogP contribution in [-0.4, -0.2) is 89.8 Å². The number of thioether (sulfide) groups is 1. The lowest BCUT2D eigenvalue weighted by Crippen LogP contribution is -2.60. The maximum Gasteiger partial charge on any atom is 0.247 e. The highest BCUT2D eigenvalue weighted by atomic mass is 32.2. The molecule has 1 heterocycles. The lowest BCUT2D eigenvalue weighted by atomic mass is 10.0. The summed E-state index contributed by atoms with van der Waals surface area (Å²) in [4.78, 5) is 56.0. The SMILES string of the molecule is CCCC[C@@H](NC(=O)[C@@H](CCc1ccccc1)NC(=O)[C@H](N)Cc1ccccc1)C(=O)N[C@H](CNC(=N)N)C(=O)N1CCCSCC1. The largest absolute Gasteiger partial charge is 0.370 e. The first-order valence-corrected chi connectivity index (χ1v) is 17.5. The van der Waals surface area contributed by atoms with Gasteiger partial charge in [-0.3, -0.25) is 24.6 Å². The number of aryl methyl sites for hydroxylation is 1. The van der Waals surface area contributed by atoms with Gasteiger partial charge in [-0.1, -0.05) is 80.4 Å². The molecule has 0 radical (unpaired) electrons. The van der Waals surface area contributed by atoms with Gasteiger partial charge in [0.25, 0.3) is 0 Å². The maximum atomic E-state index is 13.8. The van der Waals surface area contributed by atoms with Crippen molar-refractivity contribution in [2.75, 3.05) is 31.1 Å². The zero-order valence-electron chi connectivity index (χ0n) is 27.2. The van der Waals surface area contributed by atoms with Gasteiger partial charge in [0.1, 0.15) is 18.1 Å².